The Morgan fingerprint density at radius 1 is 1.38 bits per heavy atom. The number of fused-ring (bicyclic) bond motifs is 1. The quantitative estimate of drug-likeness (QED) is 0.862. The molecule has 1 unspecified atom stereocenters. The van der Waals surface area contributed by atoms with Gasteiger partial charge in [-0.25, -0.2) is 9.48 Å². The summed E-state index contributed by atoms with van der Waals surface area (Å²) in [6.45, 7) is 0.722. The maximum absolute atomic E-state index is 11.7. The zero-order chi connectivity index (χ0) is 14.8. The zero-order valence-corrected chi connectivity index (χ0v) is 11.9. The third kappa shape index (κ3) is 2.20. The number of hydrogen-bond acceptors (Lipinski definition) is 6. The normalized spacial score (nSPS) is 16.8. The highest BCUT2D eigenvalue weighted by molar-refractivity contribution is 5.92. The number of nitrogens with zero attached hydrogens (tertiary/aromatic N) is 3. The van der Waals surface area contributed by atoms with Crippen LogP contribution in [0.3, 0.4) is 0 Å². The standard InChI is InChI=1S/C14H16N4O3/c1-20-11-6-4-3-5-9(11)10-7-8-15-13-12(14(19)21-2)16-17-18(10)13/h3-6,10,15H,7-8H2,1-2H3. The molecule has 2 aromatic rings. The minimum Gasteiger partial charge on any atom is -0.496 e. The van der Waals surface area contributed by atoms with Crippen LogP contribution in [0.1, 0.15) is 28.5 Å². The molecule has 0 saturated heterocycles. The van der Waals surface area contributed by atoms with Gasteiger partial charge in [0, 0.05) is 12.1 Å². The summed E-state index contributed by atoms with van der Waals surface area (Å²) in [5, 5.41) is 11.2. The van der Waals surface area contributed by atoms with Crippen molar-refractivity contribution in [1.82, 2.24) is 15.0 Å². The SMILES string of the molecule is COC(=O)c1nnn2c1NCCC2c1ccccc1OC. The molecule has 21 heavy (non-hydrogen) atoms. The van der Waals surface area contributed by atoms with Gasteiger partial charge < -0.3 is 14.8 Å². The number of esters is 1. The number of ether oxygens (including phenoxy) is 2. The zero-order valence-electron chi connectivity index (χ0n) is 11.9. The Bertz CT molecular complexity index is 668. The molecular formula is C14H16N4O3. The van der Waals surface area contributed by atoms with Crippen molar-refractivity contribution in [2.24, 2.45) is 0 Å². The molecule has 0 aliphatic carbocycles. The van der Waals surface area contributed by atoms with E-state index in [1.807, 2.05) is 24.3 Å². The Balaban J connectivity index is 2.05. The van der Waals surface area contributed by atoms with E-state index in [1.54, 1.807) is 11.8 Å². The molecule has 2 heterocycles. The Morgan fingerprint density at radius 3 is 2.95 bits per heavy atom. The number of hydrogen-bond donors (Lipinski definition) is 1. The second-order valence-electron chi connectivity index (χ2n) is 4.70. The van der Waals surface area contributed by atoms with Crippen molar-refractivity contribution in [3.63, 3.8) is 0 Å². The molecule has 1 aromatic carbocycles. The van der Waals surface area contributed by atoms with Gasteiger partial charge in [-0.2, -0.15) is 0 Å². The van der Waals surface area contributed by atoms with E-state index in [0.29, 0.717) is 5.82 Å². The molecule has 1 N–H and O–H groups in total. The van der Waals surface area contributed by atoms with Crippen LogP contribution in [0.25, 0.3) is 0 Å². The van der Waals surface area contributed by atoms with Crippen LogP contribution in [-0.2, 0) is 4.74 Å². The fraction of sp³-hybridized carbons (Fsp3) is 0.357. The van der Waals surface area contributed by atoms with Crippen molar-refractivity contribution in [2.45, 2.75) is 12.5 Å². The van der Waals surface area contributed by atoms with Gasteiger partial charge in [-0.3, -0.25) is 0 Å². The lowest BCUT2D eigenvalue weighted by molar-refractivity contribution is 0.0595. The molecule has 1 aliphatic heterocycles. The molecule has 3 rings (SSSR count). The van der Waals surface area contributed by atoms with Gasteiger partial charge in [-0.1, -0.05) is 23.4 Å². The van der Waals surface area contributed by atoms with E-state index in [2.05, 4.69) is 15.6 Å². The number of carbonyl (C=O) groups is 1. The molecule has 7 heteroatoms. The first-order chi connectivity index (χ1) is 10.3. The minimum absolute atomic E-state index is 0.0247. The lowest BCUT2D eigenvalue weighted by atomic mass is 10.0. The minimum atomic E-state index is -0.496. The second-order valence-corrected chi connectivity index (χ2v) is 4.70. The summed E-state index contributed by atoms with van der Waals surface area (Å²) in [6.07, 6.45) is 0.831. The van der Waals surface area contributed by atoms with Crippen molar-refractivity contribution in [2.75, 3.05) is 26.1 Å². The molecule has 110 valence electrons. The number of nitrogens with one attached hydrogen (secondary N) is 1. The highest BCUT2D eigenvalue weighted by Crippen LogP contribution is 2.35. The highest BCUT2D eigenvalue weighted by atomic mass is 16.5. The predicted molar refractivity (Wildman–Crippen MR) is 75.6 cm³/mol. The van der Waals surface area contributed by atoms with E-state index >= 15 is 0 Å². The van der Waals surface area contributed by atoms with Crippen molar-refractivity contribution >= 4 is 11.8 Å². The Hall–Kier alpha value is -2.57. The lowest BCUT2D eigenvalue weighted by Crippen LogP contribution is -2.25. The molecule has 0 saturated carbocycles. The van der Waals surface area contributed by atoms with Gasteiger partial charge >= 0.3 is 5.97 Å². The average Bonchev–Trinajstić information content (AvgIpc) is 2.98. The van der Waals surface area contributed by atoms with Gasteiger partial charge in [0.25, 0.3) is 0 Å². The Morgan fingerprint density at radius 2 is 2.19 bits per heavy atom. The van der Waals surface area contributed by atoms with E-state index in [1.165, 1.54) is 7.11 Å². The van der Waals surface area contributed by atoms with E-state index < -0.39 is 5.97 Å². The van der Waals surface area contributed by atoms with E-state index in [4.69, 9.17) is 9.47 Å². The number of methoxy groups -OCH3 is 2. The van der Waals surface area contributed by atoms with Crippen molar-refractivity contribution < 1.29 is 14.3 Å². The van der Waals surface area contributed by atoms with E-state index in [0.717, 1.165) is 24.3 Å². The van der Waals surface area contributed by atoms with Crippen LogP contribution < -0.4 is 10.1 Å². The van der Waals surface area contributed by atoms with E-state index in [-0.39, 0.29) is 11.7 Å². The number of para-hydroxylation sites is 1. The molecule has 0 spiro atoms. The summed E-state index contributed by atoms with van der Waals surface area (Å²) < 4.78 is 11.9. The number of benzene rings is 1. The first-order valence-corrected chi connectivity index (χ1v) is 6.66. The fourth-order valence-corrected chi connectivity index (χ4v) is 2.59. The molecule has 1 aromatic heterocycles. The first-order valence-electron chi connectivity index (χ1n) is 6.66. The maximum Gasteiger partial charge on any atom is 0.362 e. The van der Waals surface area contributed by atoms with Gasteiger partial charge in [0.05, 0.1) is 20.3 Å². The Kier molecular flexibility index (Phi) is 3.47. The predicted octanol–water partition coefficient (Wildman–Crippen LogP) is 1.48. The van der Waals surface area contributed by atoms with Gasteiger partial charge in [-0.05, 0) is 12.5 Å². The van der Waals surface area contributed by atoms with E-state index in [9.17, 15) is 4.79 Å². The monoisotopic (exact) mass is 288 g/mol. The molecule has 1 atom stereocenters. The Labute approximate surface area is 121 Å². The van der Waals surface area contributed by atoms with Crippen LogP contribution in [0.2, 0.25) is 0 Å². The van der Waals surface area contributed by atoms with Gasteiger partial charge in [0.15, 0.2) is 5.82 Å². The maximum atomic E-state index is 11.7. The lowest BCUT2D eigenvalue weighted by Gasteiger charge is -2.26. The van der Waals surface area contributed by atoms with Crippen LogP contribution in [0, 0.1) is 0 Å². The molecule has 7 nitrogen and oxygen atoms in total. The van der Waals surface area contributed by atoms with Crippen molar-refractivity contribution in [1.29, 1.82) is 0 Å². The highest BCUT2D eigenvalue weighted by Gasteiger charge is 2.30. The largest absolute Gasteiger partial charge is 0.496 e. The van der Waals surface area contributed by atoms with Crippen LogP contribution in [0.5, 0.6) is 5.75 Å². The molecular weight excluding hydrogens is 272 g/mol. The third-order valence-corrected chi connectivity index (χ3v) is 3.58. The third-order valence-electron chi connectivity index (χ3n) is 3.58. The summed E-state index contributed by atoms with van der Waals surface area (Å²) in [7, 11) is 2.97. The van der Waals surface area contributed by atoms with Crippen LogP contribution in [0.15, 0.2) is 24.3 Å². The average molecular weight is 288 g/mol. The van der Waals surface area contributed by atoms with Gasteiger partial charge in [-0.15, -0.1) is 5.10 Å². The van der Waals surface area contributed by atoms with Gasteiger partial charge in [0.2, 0.25) is 5.69 Å². The summed E-state index contributed by atoms with van der Waals surface area (Å²) in [4.78, 5) is 11.7. The van der Waals surface area contributed by atoms with Crippen molar-refractivity contribution in [3.05, 3.63) is 35.5 Å². The number of aromatic nitrogens is 3. The van der Waals surface area contributed by atoms with Crippen LogP contribution in [-0.4, -0.2) is 41.7 Å². The number of rotatable bonds is 3. The van der Waals surface area contributed by atoms with Crippen LogP contribution in [0.4, 0.5) is 5.82 Å². The second kappa shape index (κ2) is 5.43. The first kappa shape index (κ1) is 13.4. The molecule has 0 amide bonds. The fourth-order valence-electron chi connectivity index (χ4n) is 2.59. The van der Waals surface area contributed by atoms with Crippen molar-refractivity contribution in [3.8, 4) is 5.75 Å². The summed E-state index contributed by atoms with van der Waals surface area (Å²) in [6, 6.07) is 7.76. The molecule has 0 bridgehead atoms. The summed E-state index contributed by atoms with van der Waals surface area (Å²) >= 11 is 0. The topological polar surface area (TPSA) is 78.3 Å². The number of carbonyl (C=O) groups excluding carboxylic acids is 1. The van der Waals surface area contributed by atoms with Gasteiger partial charge in [0.1, 0.15) is 5.75 Å². The molecule has 0 radical (unpaired) electrons. The summed E-state index contributed by atoms with van der Waals surface area (Å²) in [5.41, 5.74) is 1.22. The molecule has 1 aliphatic rings. The number of anilines is 1. The van der Waals surface area contributed by atoms with Crippen LogP contribution >= 0.6 is 0 Å². The molecule has 0 fully saturated rings. The summed E-state index contributed by atoms with van der Waals surface area (Å²) in [5.74, 6) is 0.888. The smallest absolute Gasteiger partial charge is 0.362 e.